The van der Waals surface area contributed by atoms with Gasteiger partial charge in [-0.15, -0.1) is 11.3 Å². The van der Waals surface area contributed by atoms with E-state index < -0.39 is 0 Å². The molecule has 0 bridgehead atoms. The zero-order valence-electron chi connectivity index (χ0n) is 11.6. The fraction of sp³-hybridized carbons (Fsp3) is 0.333. The highest BCUT2D eigenvalue weighted by molar-refractivity contribution is 7.13. The predicted molar refractivity (Wildman–Crippen MR) is 82.7 cm³/mol. The molecule has 1 heterocycles. The smallest absolute Gasteiger partial charge is 0.226 e. The second-order valence-electron chi connectivity index (χ2n) is 4.68. The summed E-state index contributed by atoms with van der Waals surface area (Å²) in [6, 6.07) is 8.22. The molecule has 3 N–H and O–H groups in total. The quantitative estimate of drug-likeness (QED) is 0.800. The van der Waals surface area contributed by atoms with Crippen LogP contribution in [0, 0.1) is 6.92 Å². The van der Waals surface area contributed by atoms with Crippen LogP contribution in [0.5, 0.6) is 0 Å². The summed E-state index contributed by atoms with van der Waals surface area (Å²) in [5.41, 5.74) is 8.51. The van der Waals surface area contributed by atoms with Crippen LogP contribution in [-0.2, 0) is 11.2 Å². The molecule has 1 amide bonds. The number of rotatable bonds is 6. The van der Waals surface area contributed by atoms with Crippen molar-refractivity contribution in [2.24, 2.45) is 5.73 Å². The first-order chi connectivity index (χ1) is 9.69. The van der Waals surface area contributed by atoms with Gasteiger partial charge in [0.1, 0.15) is 5.01 Å². The van der Waals surface area contributed by atoms with E-state index in [-0.39, 0.29) is 5.91 Å². The van der Waals surface area contributed by atoms with Crippen LogP contribution < -0.4 is 11.1 Å². The third-order valence-corrected chi connectivity index (χ3v) is 3.80. The van der Waals surface area contributed by atoms with E-state index in [0.29, 0.717) is 19.5 Å². The molecule has 0 spiro atoms. The van der Waals surface area contributed by atoms with E-state index in [1.54, 1.807) is 11.3 Å². The molecule has 1 aromatic carbocycles. The number of carbonyl (C=O) groups is 1. The van der Waals surface area contributed by atoms with E-state index in [4.69, 9.17) is 5.73 Å². The lowest BCUT2D eigenvalue weighted by atomic mass is 10.1. The number of aryl methyl sites for hydroxylation is 1. The van der Waals surface area contributed by atoms with Gasteiger partial charge in [0.05, 0.1) is 12.1 Å². The van der Waals surface area contributed by atoms with Crippen molar-refractivity contribution >= 4 is 17.2 Å². The summed E-state index contributed by atoms with van der Waals surface area (Å²) < 4.78 is 0. The average Bonchev–Trinajstić information content (AvgIpc) is 2.87. The van der Waals surface area contributed by atoms with Crippen molar-refractivity contribution in [3.8, 4) is 10.6 Å². The van der Waals surface area contributed by atoms with E-state index in [1.165, 1.54) is 5.56 Å². The summed E-state index contributed by atoms with van der Waals surface area (Å²) in [6.07, 6.45) is 1.13. The van der Waals surface area contributed by atoms with Gasteiger partial charge >= 0.3 is 0 Å². The Bertz CT molecular complexity index is 580. The number of hydrogen-bond acceptors (Lipinski definition) is 4. The molecule has 106 valence electrons. The highest BCUT2D eigenvalue weighted by Gasteiger charge is 2.08. The summed E-state index contributed by atoms with van der Waals surface area (Å²) in [4.78, 5) is 16.2. The zero-order chi connectivity index (χ0) is 14.4. The predicted octanol–water partition coefficient (Wildman–Crippen LogP) is 2.13. The van der Waals surface area contributed by atoms with Gasteiger partial charge in [-0.25, -0.2) is 4.98 Å². The Labute approximate surface area is 123 Å². The lowest BCUT2D eigenvalue weighted by molar-refractivity contribution is -0.120. The van der Waals surface area contributed by atoms with E-state index in [9.17, 15) is 4.79 Å². The van der Waals surface area contributed by atoms with Crippen molar-refractivity contribution in [3.05, 3.63) is 40.9 Å². The minimum absolute atomic E-state index is 0.000424. The summed E-state index contributed by atoms with van der Waals surface area (Å²) in [6.45, 7) is 3.28. The first-order valence-corrected chi connectivity index (χ1v) is 7.55. The minimum atomic E-state index is -0.000424. The topological polar surface area (TPSA) is 68.0 Å². The summed E-state index contributed by atoms with van der Waals surface area (Å²) in [5, 5.41) is 5.74. The van der Waals surface area contributed by atoms with Gasteiger partial charge in [0.15, 0.2) is 0 Å². The molecule has 20 heavy (non-hydrogen) atoms. The average molecular weight is 289 g/mol. The third kappa shape index (κ3) is 4.15. The monoisotopic (exact) mass is 289 g/mol. The number of nitrogens with one attached hydrogen (secondary N) is 1. The normalized spacial score (nSPS) is 10.5. The third-order valence-electron chi connectivity index (χ3n) is 2.86. The van der Waals surface area contributed by atoms with Crippen molar-refractivity contribution in [2.75, 3.05) is 13.1 Å². The Balaban J connectivity index is 1.97. The van der Waals surface area contributed by atoms with Gasteiger partial charge < -0.3 is 11.1 Å². The molecule has 1 aromatic heterocycles. The molecule has 0 radical (unpaired) electrons. The second-order valence-corrected chi connectivity index (χ2v) is 5.54. The molecular formula is C15H19N3OS. The Morgan fingerprint density at radius 2 is 2.30 bits per heavy atom. The highest BCUT2D eigenvalue weighted by atomic mass is 32.1. The molecule has 0 aliphatic rings. The molecule has 5 heteroatoms. The number of thiazole rings is 1. The van der Waals surface area contributed by atoms with Crippen LogP contribution in [0.15, 0.2) is 29.6 Å². The molecule has 2 rings (SSSR count). The lowest BCUT2D eigenvalue weighted by Crippen LogP contribution is -2.27. The van der Waals surface area contributed by atoms with Crippen molar-refractivity contribution in [2.45, 2.75) is 19.8 Å². The van der Waals surface area contributed by atoms with Crippen molar-refractivity contribution < 1.29 is 4.79 Å². The van der Waals surface area contributed by atoms with E-state index in [0.717, 1.165) is 22.7 Å². The summed E-state index contributed by atoms with van der Waals surface area (Å²) in [7, 11) is 0. The zero-order valence-corrected chi connectivity index (χ0v) is 12.4. The summed E-state index contributed by atoms with van der Waals surface area (Å²) >= 11 is 1.57. The number of carbonyl (C=O) groups excluding carboxylic acids is 1. The van der Waals surface area contributed by atoms with Gasteiger partial charge in [0.2, 0.25) is 5.91 Å². The Hall–Kier alpha value is -1.72. The van der Waals surface area contributed by atoms with Gasteiger partial charge in [-0.2, -0.15) is 0 Å². The summed E-state index contributed by atoms with van der Waals surface area (Å²) in [5.74, 6) is -0.000424. The Kier molecular flexibility index (Phi) is 5.26. The van der Waals surface area contributed by atoms with Crippen LogP contribution in [0.2, 0.25) is 0 Å². The van der Waals surface area contributed by atoms with Crippen LogP contribution in [0.3, 0.4) is 0 Å². The van der Waals surface area contributed by atoms with Gasteiger partial charge in [0.25, 0.3) is 0 Å². The molecule has 2 aromatic rings. The molecular weight excluding hydrogens is 270 g/mol. The molecule has 0 aliphatic heterocycles. The van der Waals surface area contributed by atoms with Crippen molar-refractivity contribution in [1.82, 2.24) is 10.3 Å². The standard InChI is InChI=1S/C15H19N3OS/c1-11-4-2-5-12(8-11)15-18-13(10-20-15)9-14(19)17-7-3-6-16/h2,4-5,8,10H,3,6-7,9,16H2,1H3,(H,17,19). The van der Waals surface area contributed by atoms with Crippen LogP contribution in [-0.4, -0.2) is 24.0 Å². The van der Waals surface area contributed by atoms with Gasteiger partial charge in [-0.1, -0.05) is 23.8 Å². The molecule has 0 fully saturated rings. The number of nitrogens with two attached hydrogens (primary N) is 1. The molecule has 0 saturated heterocycles. The molecule has 4 nitrogen and oxygen atoms in total. The van der Waals surface area contributed by atoms with Gasteiger partial charge in [0, 0.05) is 17.5 Å². The number of nitrogens with zero attached hydrogens (tertiary/aromatic N) is 1. The van der Waals surface area contributed by atoms with E-state index >= 15 is 0 Å². The second kappa shape index (κ2) is 7.17. The van der Waals surface area contributed by atoms with Crippen LogP contribution in [0.4, 0.5) is 0 Å². The number of aromatic nitrogens is 1. The van der Waals surface area contributed by atoms with E-state index in [2.05, 4.69) is 29.4 Å². The highest BCUT2D eigenvalue weighted by Crippen LogP contribution is 2.24. The number of benzene rings is 1. The van der Waals surface area contributed by atoms with Crippen LogP contribution in [0.25, 0.3) is 10.6 Å². The molecule has 0 atom stereocenters. The molecule has 0 saturated carbocycles. The van der Waals surface area contributed by atoms with Gasteiger partial charge in [-0.05, 0) is 26.0 Å². The maximum absolute atomic E-state index is 11.7. The number of amides is 1. The maximum atomic E-state index is 11.7. The SMILES string of the molecule is Cc1cccc(-c2nc(CC(=O)NCCCN)cs2)c1. The van der Waals surface area contributed by atoms with Crippen molar-refractivity contribution in [1.29, 1.82) is 0 Å². The Morgan fingerprint density at radius 1 is 1.45 bits per heavy atom. The Morgan fingerprint density at radius 3 is 3.05 bits per heavy atom. The van der Waals surface area contributed by atoms with Crippen LogP contribution >= 0.6 is 11.3 Å². The fourth-order valence-corrected chi connectivity index (χ4v) is 2.67. The molecule has 0 aliphatic carbocycles. The largest absolute Gasteiger partial charge is 0.356 e. The van der Waals surface area contributed by atoms with Gasteiger partial charge in [-0.3, -0.25) is 4.79 Å². The maximum Gasteiger partial charge on any atom is 0.226 e. The molecule has 0 unspecified atom stereocenters. The van der Waals surface area contributed by atoms with Crippen LogP contribution in [0.1, 0.15) is 17.7 Å². The van der Waals surface area contributed by atoms with E-state index in [1.807, 2.05) is 17.5 Å². The number of hydrogen-bond donors (Lipinski definition) is 2. The van der Waals surface area contributed by atoms with Crippen molar-refractivity contribution in [3.63, 3.8) is 0 Å². The first kappa shape index (κ1) is 14.7. The fourth-order valence-electron chi connectivity index (χ4n) is 1.86. The first-order valence-electron chi connectivity index (χ1n) is 6.67. The lowest BCUT2D eigenvalue weighted by Gasteiger charge is -2.02. The minimum Gasteiger partial charge on any atom is -0.356 e.